The van der Waals surface area contributed by atoms with Gasteiger partial charge in [-0.05, 0) is 56.1 Å². The number of rotatable bonds is 6. The Morgan fingerprint density at radius 3 is 2.41 bits per heavy atom. The van der Waals surface area contributed by atoms with Crippen LogP contribution in [-0.2, 0) is 5.54 Å². The van der Waals surface area contributed by atoms with E-state index in [1.165, 1.54) is 24.8 Å². The summed E-state index contributed by atoms with van der Waals surface area (Å²) in [5.74, 6) is 3.03. The van der Waals surface area contributed by atoms with Crippen molar-refractivity contribution in [3.8, 4) is 22.4 Å². The highest BCUT2D eigenvalue weighted by atomic mass is 15.4. The Bertz CT molecular complexity index is 1270. The molecule has 0 radical (unpaired) electrons. The third-order valence-electron chi connectivity index (χ3n) is 6.89. The number of nitrogens with two attached hydrogens (primary N) is 1. The molecule has 32 heavy (non-hydrogen) atoms. The summed E-state index contributed by atoms with van der Waals surface area (Å²) in [5.41, 5.74) is 11.8. The van der Waals surface area contributed by atoms with Crippen LogP contribution in [0, 0.1) is 12.8 Å². The number of benzene rings is 2. The third kappa shape index (κ3) is 3.35. The molecule has 2 saturated carbocycles. The molecule has 2 aromatic heterocycles. The van der Waals surface area contributed by atoms with Crippen molar-refractivity contribution in [2.24, 2.45) is 11.7 Å². The minimum Gasteiger partial charge on any atom is -0.369 e. The number of nitrogens with one attached hydrogen (secondary N) is 1. The fourth-order valence-corrected chi connectivity index (χ4v) is 4.62. The molecule has 2 aromatic carbocycles. The predicted octanol–water partition coefficient (Wildman–Crippen LogP) is 4.93. The summed E-state index contributed by atoms with van der Waals surface area (Å²) in [4.78, 5) is 9.59. The van der Waals surface area contributed by atoms with Gasteiger partial charge >= 0.3 is 0 Å². The summed E-state index contributed by atoms with van der Waals surface area (Å²) in [5, 5.41) is 8.36. The van der Waals surface area contributed by atoms with E-state index in [-0.39, 0.29) is 5.54 Å². The van der Waals surface area contributed by atoms with Crippen LogP contribution >= 0.6 is 0 Å². The Balaban J connectivity index is 1.54. The lowest BCUT2D eigenvalue weighted by Gasteiger charge is -2.38. The number of fused-ring (bicyclic) bond motifs is 1. The van der Waals surface area contributed by atoms with Crippen molar-refractivity contribution in [1.82, 2.24) is 19.6 Å². The minimum atomic E-state index is -0.167. The number of anilines is 1. The molecule has 0 bridgehead atoms. The van der Waals surface area contributed by atoms with E-state index in [1.807, 2.05) is 17.5 Å². The monoisotopic (exact) mass is 424 g/mol. The van der Waals surface area contributed by atoms with Gasteiger partial charge in [0, 0.05) is 17.6 Å². The lowest BCUT2D eigenvalue weighted by Crippen LogP contribution is -2.43. The van der Waals surface area contributed by atoms with Gasteiger partial charge in [-0.3, -0.25) is 0 Å². The molecular weight excluding hydrogens is 396 g/mol. The number of aromatic nitrogens is 4. The maximum Gasteiger partial charge on any atom is 0.254 e. The largest absolute Gasteiger partial charge is 0.369 e. The predicted molar refractivity (Wildman–Crippen MR) is 127 cm³/mol. The number of nitrogens with zero attached hydrogens (tertiary/aromatic N) is 4. The lowest BCUT2D eigenvalue weighted by atomic mass is 9.72. The first-order valence-corrected chi connectivity index (χ1v) is 11.6. The summed E-state index contributed by atoms with van der Waals surface area (Å²) in [6, 6.07) is 19.1. The molecule has 6 rings (SSSR count). The Kier molecular flexibility index (Phi) is 4.50. The van der Waals surface area contributed by atoms with Crippen LogP contribution in [0.2, 0.25) is 0 Å². The Hall–Kier alpha value is -3.25. The van der Waals surface area contributed by atoms with Gasteiger partial charge < -0.3 is 11.1 Å². The maximum absolute atomic E-state index is 6.56. The summed E-state index contributed by atoms with van der Waals surface area (Å²) in [6.45, 7) is 2.85. The molecule has 4 aromatic rings. The highest BCUT2D eigenvalue weighted by molar-refractivity contribution is 5.89. The van der Waals surface area contributed by atoms with E-state index >= 15 is 0 Å². The van der Waals surface area contributed by atoms with E-state index in [0.29, 0.717) is 11.6 Å². The minimum absolute atomic E-state index is 0.167. The molecule has 0 spiro atoms. The van der Waals surface area contributed by atoms with Gasteiger partial charge in [-0.1, -0.05) is 54.6 Å². The zero-order valence-corrected chi connectivity index (χ0v) is 18.4. The quantitative estimate of drug-likeness (QED) is 0.459. The molecule has 0 aliphatic heterocycles. The summed E-state index contributed by atoms with van der Waals surface area (Å²) in [7, 11) is 0. The highest BCUT2D eigenvalue weighted by Crippen LogP contribution is 2.41. The normalized spacial score (nSPS) is 17.3. The van der Waals surface area contributed by atoms with Crippen molar-refractivity contribution in [3.63, 3.8) is 0 Å². The van der Waals surface area contributed by atoms with E-state index in [1.54, 1.807) is 0 Å². The van der Waals surface area contributed by atoms with Gasteiger partial charge in [0.15, 0.2) is 0 Å². The van der Waals surface area contributed by atoms with Crippen molar-refractivity contribution in [2.75, 3.05) is 11.9 Å². The van der Waals surface area contributed by atoms with Crippen LogP contribution in [0.3, 0.4) is 0 Å². The van der Waals surface area contributed by atoms with Crippen molar-refractivity contribution in [2.45, 2.75) is 44.6 Å². The smallest absolute Gasteiger partial charge is 0.254 e. The van der Waals surface area contributed by atoms with Gasteiger partial charge in [0.05, 0.1) is 11.3 Å². The van der Waals surface area contributed by atoms with Gasteiger partial charge in [0.25, 0.3) is 5.78 Å². The average Bonchev–Trinajstić information content (AvgIpc) is 3.55. The van der Waals surface area contributed by atoms with Crippen LogP contribution in [-0.4, -0.2) is 26.1 Å². The van der Waals surface area contributed by atoms with Gasteiger partial charge in [-0.25, -0.2) is 4.98 Å². The SMILES string of the molecule is Cc1nc2nc(-c3ccc(C4(N)CCC4)cc3)c(-c3ccccc3)c(NCC3CC3)n2n1. The first-order valence-electron chi connectivity index (χ1n) is 11.6. The van der Waals surface area contributed by atoms with Crippen molar-refractivity contribution >= 4 is 11.6 Å². The van der Waals surface area contributed by atoms with Crippen molar-refractivity contribution < 1.29 is 0 Å². The van der Waals surface area contributed by atoms with Gasteiger partial charge in [0.2, 0.25) is 0 Å². The molecule has 0 unspecified atom stereocenters. The molecule has 162 valence electrons. The third-order valence-corrected chi connectivity index (χ3v) is 6.89. The first kappa shape index (κ1) is 19.4. The zero-order chi connectivity index (χ0) is 21.7. The second-order valence-electron chi connectivity index (χ2n) is 9.33. The lowest BCUT2D eigenvalue weighted by molar-refractivity contribution is 0.253. The van der Waals surface area contributed by atoms with Crippen LogP contribution in [0.15, 0.2) is 54.6 Å². The van der Waals surface area contributed by atoms with Crippen molar-refractivity contribution in [3.05, 3.63) is 66.0 Å². The zero-order valence-electron chi connectivity index (χ0n) is 18.4. The summed E-state index contributed by atoms with van der Waals surface area (Å²) >= 11 is 0. The maximum atomic E-state index is 6.56. The number of hydrogen-bond acceptors (Lipinski definition) is 5. The standard InChI is InChI=1S/C26H28N6/c1-17-29-25-30-23(20-10-12-21(13-11-20)26(27)14-5-15-26)22(19-6-3-2-4-7-19)24(32(25)31-17)28-16-18-8-9-18/h2-4,6-7,10-13,18,28H,5,8-9,14-16,27H2,1H3. The number of aryl methyl sites for hydroxylation is 1. The molecule has 2 fully saturated rings. The molecule has 2 aliphatic carbocycles. The fourth-order valence-electron chi connectivity index (χ4n) is 4.62. The molecule has 2 heterocycles. The molecule has 0 atom stereocenters. The Morgan fingerprint density at radius 1 is 1.00 bits per heavy atom. The van der Waals surface area contributed by atoms with E-state index < -0.39 is 0 Å². The van der Waals surface area contributed by atoms with E-state index in [4.69, 9.17) is 10.7 Å². The number of hydrogen-bond donors (Lipinski definition) is 2. The first-order chi connectivity index (χ1) is 15.6. The molecule has 0 saturated heterocycles. The summed E-state index contributed by atoms with van der Waals surface area (Å²) < 4.78 is 1.86. The van der Waals surface area contributed by atoms with Crippen molar-refractivity contribution in [1.29, 1.82) is 0 Å². The Labute approximate surface area is 187 Å². The highest BCUT2D eigenvalue weighted by Gasteiger charge is 2.34. The fraction of sp³-hybridized carbons (Fsp3) is 0.346. The van der Waals surface area contributed by atoms with Gasteiger partial charge in [-0.15, -0.1) is 5.10 Å². The topological polar surface area (TPSA) is 81.1 Å². The van der Waals surface area contributed by atoms with Crippen LogP contribution in [0.5, 0.6) is 0 Å². The second-order valence-corrected chi connectivity index (χ2v) is 9.33. The van der Waals surface area contributed by atoms with E-state index in [9.17, 15) is 0 Å². The van der Waals surface area contributed by atoms with Gasteiger partial charge in [0.1, 0.15) is 11.6 Å². The molecular formula is C26H28N6. The van der Waals surface area contributed by atoms with E-state index in [0.717, 1.165) is 53.5 Å². The van der Waals surface area contributed by atoms with Crippen LogP contribution in [0.25, 0.3) is 28.2 Å². The molecule has 0 amide bonds. The molecule has 6 nitrogen and oxygen atoms in total. The molecule has 2 aliphatic rings. The summed E-state index contributed by atoms with van der Waals surface area (Å²) in [6.07, 6.45) is 5.89. The second kappa shape index (κ2) is 7.41. The van der Waals surface area contributed by atoms with Crippen LogP contribution in [0.1, 0.15) is 43.5 Å². The van der Waals surface area contributed by atoms with E-state index in [2.05, 4.69) is 63.9 Å². The molecule has 3 N–H and O–H groups in total. The average molecular weight is 425 g/mol. The molecule has 6 heteroatoms. The Morgan fingerprint density at radius 2 is 1.75 bits per heavy atom. The van der Waals surface area contributed by atoms with Crippen LogP contribution in [0.4, 0.5) is 5.82 Å². The van der Waals surface area contributed by atoms with Gasteiger partial charge in [-0.2, -0.15) is 9.50 Å². The van der Waals surface area contributed by atoms with Crippen LogP contribution < -0.4 is 11.1 Å².